The lowest BCUT2D eigenvalue weighted by Gasteiger charge is -2.04. The molecule has 6 heteroatoms. The summed E-state index contributed by atoms with van der Waals surface area (Å²) in [7, 11) is 1.88. The van der Waals surface area contributed by atoms with Crippen LogP contribution in [0.3, 0.4) is 0 Å². The fraction of sp³-hybridized carbons (Fsp3) is 0.267. The Labute approximate surface area is 127 Å². The van der Waals surface area contributed by atoms with Crippen molar-refractivity contribution in [1.29, 1.82) is 0 Å². The number of aryl methyl sites for hydroxylation is 1. The fourth-order valence-electron chi connectivity index (χ4n) is 1.94. The number of hydrogen-bond acceptors (Lipinski definition) is 4. The molecule has 0 unspecified atom stereocenters. The van der Waals surface area contributed by atoms with Crippen molar-refractivity contribution < 1.29 is 14.3 Å². The quantitative estimate of drug-likeness (QED) is 0.643. The van der Waals surface area contributed by atoms with Gasteiger partial charge in [0.1, 0.15) is 5.69 Å². The van der Waals surface area contributed by atoms with Crippen LogP contribution in [-0.2, 0) is 11.8 Å². The van der Waals surface area contributed by atoms with E-state index in [1.807, 2.05) is 25.5 Å². The highest BCUT2D eigenvalue weighted by atomic mass is 35.5. The van der Waals surface area contributed by atoms with Gasteiger partial charge in [0, 0.05) is 35.2 Å². The van der Waals surface area contributed by atoms with Gasteiger partial charge in [0.15, 0.2) is 6.61 Å². The minimum absolute atomic E-state index is 0.0799. The average Bonchev–Trinajstić information content (AvgIpc) is 2.72. The molecule has 0 fully saturated rings. The molecule has 0 atom stereocenters. The van der Waals surface area contributed by atoms with Gasteiger partial charge in [-0.05, 0) is 32.0 Å². The predicted molar refractivity (Wildman–Crippen MR) is 78.7 cm³/mol. The second kappa shape index (κ2) is 6.10. The van der Waals surface area contributed by atoms with Crippen LogP contribution in [0, 0.1) is 13.8 Å². The van der Waals surface area contributed by atoms with Crippen LogP contribution in [0.2, 0.25) is 5.02 Å². The Balaban J connectivity index is 2.04. The highest BCUT2D eigenvalue weighted by molar-refractivity contribution is 6.30. The maximum Gasteiger partial charge on any atom is 0.357 e. The van der Waals surface area contributed by atoms with E-state index in [0.717, 1.165) is 11.4 Å². The van der Waals surface area contributed by atoms with E-state index in [9.17, 15) is 9.59 Å². The summed E-state index contributed by atoms with van der Waals surface area (Å²) in [6.07, 6.45) is 1.41. The Hall–Kier alpha value is -2.14. The topological polar surface area (TPSA) is 61.2 Å². The zero-order valence-corrected chi connectivity index (χ0v) is 12.8. The summed E-state index contributed by atoms with van der Waals surface area (Å²) in [6.45, 7) is 3.43. The zero-order chi connectivity index (χ0) is 15.6. The number of Topliss-reactive ketones (excluding diaryl/α,β-unsaturated/α-hetero) is 1. The van der Waals surface area contributed by atoms with Gasteiger partial charge in [-0.1, -0.05) is 11.6 Å². The molecule has 0 aliphatic rings. The van der Waals surface area contributed by atoms with Gasteiger partial charge >= 0.3 is 5.97 Å². The van der Waals surface area contributed by atoms with Crippen molar-refractivity contribution in [2.45, 2.75) is 13.8 Å². The van der Waals surface area contributed by atoms with Gasteiger partial charge in [-0.2, -0.15) is 0 Å². The molecule has 0 aliphatic carbocycles. The van der Waals surface area contributed by atoms with E-state index in [2.05, 4.69) is 4.98 Å². The molecule has 0 aliphatic heterocycles. The summed E-state index contributed by atoms with van der Waals surface area (Å²) in [6, 6.07) is 4.73. The van der Waals surface area contributed by atoms with E-state index in [0.29, 0.717) is 10.6 Å². The molecule has 0 radical (unpaired) electrons. The smallest absolute Gasteiger partial charge is 0.357 e. The normalized spacial score (nSPS) is 10.5. The van der Waals surface area contributed by atoms with Crippen LogP contribution in [0.5, 0.6) is 0 Å². The van der Waals surface area contributed by atoms with Gasteiger partial charge in [-0.25, -0.2) is 9.78 Å². The van der Waals surface area contributed by atoms with Crippen LogP contribution in [0.25, 0.3) is 0 Å². The van der Waals surface area contributed by atoms with E-state index in [4.69, 9.17) is 16.3 Å². The summed E-state index contributed by atoms with van der Waals surface area (Å²) in [4.78, 5) is 27.7. The van der Waals surface area contributed by atoms with Crippen molar-refractivity contribution in [3.8, 4) is 0 Å². The SMILES string of the molecule is Cc1cc(C(=O)COC(=O)c2cc(Cl)ccn2)c(C)n1C. The first-order chi connectivity index (χ1) is 9.90. The van der Waals surface area contributed by atoms with Gasteiger partial charge in [0.25, 0.3) is 0 Å². The molecular formula is C15H15ClN2O3. The van der Waals surface area contributed by atoms with Gasteiger partial charge in [-0.15, -0.1) is 0 Å². The average molecular weight is 307 g/mol. The molecular weight excluding hydrogens is 292 g/mol. The van der Waals surface area contributed by atoms with Crippen LogP contribution in [0.1, 0.15) is 32.2 Å². The Morgan fingerprint density at radius 3 is 2.62 bits per heavy atom. The lowest BCUT2D eigenvalue weighted by molar-refractivity contribution is 0.0468. The van der Waals surface area contributed by atoms with E-state index in [-0.39, 0.29) is 18.1 Å². The Morgan fingerprint density at radius 2 is 2.05 bits per heavy atom. The molecule has 21 heavy (non-hydrogen) atoms. The Bertz CT molecular complexity index is 707. The predicted octanol–water partition coefficient (Wildman–Crippen LogP) is 2.73. The zero-order valence-electron chi connectivity index (χ0n) is 12.0. The van der Waals surface area contributed by atoms with Crippen molar-refractivity contribution in [3.63, 3.8) is 0 Å². The van der Waals surface area contributed by atoms with Gasteiger partial charge in [0.2, 0.25) is 5.78 Å². The number of halogens is 1. The lowest BCUT2D eigenvalue weighted by atomic mass is 10.1. The van der Waals surface area contributed by atoms with Gasteiger partial charge < -0.3 is 9.30 Å². The first-order valence-electron chi connectivity index (χ1n) is 6.35. The van der Waals surface area contributed by atoms with Crippen LogP contribution in [-0.4, -0.2) is 27.9 Å². The first-order valence-corrected chi connectivity index (χ1v) is 6.72. The summed E-state index contributed by atoms with van der Waals surface area (Å²) < 4.78 is 6.89. The Morgan fingerprint density at radius 1 is 1.33 bits per heavy atom. The molecule has 2 aromatic rings. The molecule has 0 N–H and O–H groups in total. The number of esters is 1. The van der Waals surface area contributed by atoms with Crippen molar-refractivity contribution in [1.82, 2.24) is 9.55 Å². The van der Waals surface area contributed by atoms with Crippen LogP contribution >= 0.6 is 11.6 Å². The van der Waals surface area contributed by atoms with Crippen molar-refractivity contribution in [3.05, 3.63) is 52.1 Å². The molecule has 110 valence electrons. The summed E-state index contributed by atoms with van der Waals surface area (Å²) in [5.41, 5.74) is 2.45. The second-order valence-electron chi connectivity index (χ2n) is 4.70. The van der Waals surface area contributed by atoms with Gasteiger partial charge in [0.05, 0.1) is 0 Å². The summed E-state index contributed by atoms with van der Waals surface area (Å²) in [5, 5.41) is 0.387. The van der Waals surface area contributed by atoms with E-state index >= 15 is 0 Å². The third kappa shape index (κ3) is 3.31. The van der Waals surface area contributed by atoms with Gasteiger partial charge in [-0.3, -0.25) is 4.79 Å². The minimum atomic E-state index is -0.670. The summed E-state index contributed by atoms with van der Waals surface area (Å²) in [5.74, 6) is -0.914. The molecule has 0 saturated carbocycles. The number of rotatable bonds is 4. The highest BCUT2D eigenvalue weighted by Gasteiger charge is 2.17. The van der Waals surface area contributed by atoms with E-state index in [1.54, 1.807) is 12.1 Å². The number of ether oxygens (including phenoxy) is 1. The number of carbonyl (C=O) groups excluding carboxylic acids is 2. The third-order valence-electron chi connectivity index (χ3n) is 3.34. The van der Waals surface area contributed by atoms with Crippen LogP contribution in [0.15, 0.2) is 24.4 Å². The molecule has 2 aromatic heterocycles. The minimum Gasteiger partial charge on any atom is -0.453 e. The largest absolute Gasteiger partial charge is 0.453 e. The number of aromatic nitrogens is 2. The number of carbonyl (C=O) groups is 2. The Kier molecular flexibility index (Phi) is 4.43. The standard InChI is InChI=1S/C15H15ClN2O3/c1-9-6-12(10(2)18(9)3)14(19)8-21-15(20)13-7-11(16)4-5-17-13/h4-7H,8H2,1-3H3. The number of ketones is 1. The molecule has 0 saturated heterocycles. The maximum absolute atomic E-state index is 12.1. The molecule has 0 aromatic carbocycles. The van der Waals surface area contributed by atoms with E-state index in [1.165, 1.54) is 12.3 Å². The number of pyridine rings is 1. The third-order valence-corrected chi connectivity index (χ3v) is 3.58. The molecule has 0 bridgehead atoms. The number of hydrogen-bond donors (Lipinski definition) is 0. The van der Waals surface area contributed by atoms with Crippen molar-refractivity contribution >= 4 is 23.4 Å². The first kappa shape index (κ1) is 15.3. The lowest BCUT2D eigenvalue weighted by Crippen LogP contribution is -2.15. The monoisotopic (exact) mass is 306 g/mol. The van der Waals surface area contributed by atoms with Crippen molar-refractivity contribution in [2.75, 3.05) is 6.61 Å². The molecule has 5 nitrogen and oxygen atoms in total. The summed E-state index contributed by atoms with van der Waals surface area (Å²) >= 11 is 5.77. The second-order valence-corrected chi connectivity index (χ2v) is 5.14. The van der Waals surface area contributed by atoms with Crippen molar-refractivity contribution in [2.24, 2.45) is 7.05 Å². The number of nitrogens with zero attached hydrogens (tertiary/aromatic N) is 2. The van der Waals surface area contributed by atoms with E-state index < -0.39 is 5.97 Å². The highest BCUT2D eigenvalue weighted by Crippen LogP contribution is 2.14. The molecule has 2 rings (SSSR count). The maximum atomic E-state index is 12.1. The molecule has 2 heterocycles. The molecule has 0 amide bonds. The molecule has 0 spiro atoms. The van der Waals surface area contributed by atoms with Crippen LogP contribution in [0.4, 0.5) is 0 Å². The van der Waals surface area contributed by atoms with Crippen LogP contribution < -0.4 is 0 Å². The fourth-order valence-corrected chi connectivity index (χ4v) is 2.10.